The van der Waals surface area contributed by atoms with Crippen LogP contribution in [0.3, 0.4) is 0 Å². The number of carbonyl (C=O) groups is 2. The minimum atomic E-state index is -1.78. The Morgan fingerprint density at radius 2 is 1.91 bits per heavy atom. The first-order valence-corrected chi connectivity index (χ1v) is 14.6. The quantitative estimate of drug-likeness (QED) is 0.0958. The Balaban J connectivity index is 1.88. The molecule has 3 rings (SSSR count). The Morgan fingerprint density at radius 1 is 1.21 bits per heavy atom. The lowest BCUT2D eigenvalue weighted by Crippen LogP contribution is -2.59. The number of esters is 2. The van der Waals surface area contributed by atoms with Gasteiger partial charge in [-0.25, -0.2) is 0 Å². The summed E-state index contributed by atoms with van der Waals surface area (Å²) in [7, 11) is 1.33. The molecule has 1 heterocycles. The van der Waals surface area contributed by atoms with Crippen LogP contribution in [-0.2, 0) is 35.1 Å². The number of nitrogens with zero attached hydrogens (tertiary/aromatic N) is 3. The van der Waals surface area contributed by atoms with E-state index in [-0.39, 0.29) is 19.6 Å². The zero-order valence-corrected chi connectivity index (χ0v) is 20.6. The van der Waals surface area contributed by atoms with Crippen LogP contribution in [0.4, 0.5) is 0 Å². The Hall–Kier alpha value is -2.59. The molecule has 1 aliphatic carbocycles. The van der Waals surface area contributed by atoms with E-state index in [1.54, 1.807) is 19.2 Å². The molecular weight excluding hydrogens is 446 g/mol. The molecule has 0 bridgehead atoms. The Kier molecular flexibility index (Phi) is 7.68. The van der Waals surface area contributed by atoms with Crippen LogP contribution in [0.1, 0.15) is 12.0 Å². The Morgan fingerprint density at radius 3 is 2.48 bits per heavy atom. The van der Waals surface area contributed by atoms with E-state index in [4.69, 9.17) is 29.2 Å². The van der Waals surface area contributed by atoms with Gasteiger partial charge in [0.2, 0.25) is 5.41 Å². The van der Waals surface area contributed by atoms with E-state index >= 15 is 0 Å². The third-order valence-corrected chi connectivity index (χ3v) is 7.78. The minimum absolute atomic E-state index is 0.121. The van der Waals surface area contributed by atoms with E-state index < -0.39 is 49.8 Å². The first-order chi connectivity index (χ1) is 15.7. The molecule has 10 nitrogen and oxygen atoms in total. The van der Waals surface area contributed by atoms with Crippen molar-refractivity contribution in [3.8, 4) is 5.75 Å². The molecule has 0 N–H and O–H groups in total. The smallest absolute Gasteiger partial charge is 0.329 e. The fourth-order valence-electron chi connectivity index (χ4n) is 4.12. The van der Waals surface area contributed by atoms with E-state index in [0.717, 1.165) is 11.6 Å². The molecule has 11 heteroatoms. The molecule has 0 aromatic heterocycles. The van der Waals surface area contributed by atoms with Crippen molar-refractivity contribution in [1.29, 1.82) is 0 Å². The van der Waals surface area contributed by atoms with Gasteiger partial charge in [-0.3, -0.25) is 9.59 Å². The van der Waals surface area contributed by atoms with Crippen LogP contribution in [0.15, 0.2) is 29.4 Å². The van der Waals surface area contributed by atoms with Crippen LogP contribution in [0.2, 0.25) is 25.7 Å². The summed E-state index contributed by atoms with van der Waals surface area (Å²) in [4.78, 5) is 29.4. The number of epoxide rings is 1. The molecule has 1 aromatic rings. The zero-order valence-electron chi connectivity index (χ0n) is 19.6. The van der Waals surface area contributed by atoms with Gasteiger partial charge in [0.05, 0.1) is 45.7 Å². The van der Waals surface area contributed by atoms with Crippen molar-refractivity contribution in [2.24, 2.45) is 10.5 Å². The minimum Gasteiger partial charge on any atom is -0.497 e. The van der Waals surface area contributed by atoms with E-state index in [1.165, 1.54) is 7.11 Å². The summed E-state index contributed by atoms with van der Waals surface area (Å²) in [5.41, 5.74) is 7.99. The van der Waals surface area contributed by atoms with Gasteiger partial charge >= 0.3 is 11.9 Å². The van der Waals surface area contributed by atoms with Crippen molar-refractivity contribution >= 4 is 20.0 Å². The van der Waals surface area contributed by atoms with Gasteiger partial charge in [-0.1, -0.05) is 36.9 Å². The summed E-state index contributed by atoms with van der Waals surface area (Å²) in [6.45, 7) is 6.83. The van der Waals surface area contributed by atoms with Crippen LogP contribution in [0, 0.1) is 5.41 Å². The standard InChI is InChI=1S/C22H31N3O7Si/c1-28-15-8-6-14(7-9-15)13-31-17-12-16(24-25-23)18-19(32-18)22(17,20(26)29-2)21(27)30-10-11-33(3,4)5/h6-9,16-19H,10-13H2,1-5H3/t16-,17+,18+,19+,22?/m1/s1. The lowest BCUT2D eigenvalue weighted by molar-refractivity contribution is -0.188. The SMILES string of the molecule is COC(=O)C1(C(=O)OCC[Si](C)(C)C)[C@@H](OCc2ccc(OC)cc2)C[C@@H](N=[N+]=[N-])[C@@H]2O[C@@H]21. The van der Waals surface area contributed by atoms with Gasteiger partial charge in [0.15, 0.2) is 0 Å². The average molecular weight is 478 g/mol. The molecule has 0 radical (unpaired) electrons. The first kappa shape index (κ1) is 25.0. The number of hydrogen-bond donors (Lipinski definition) is 0. The number of azide groups is 1. The highest BCUT2D eigenvalue weighted by molar-refractivity contribution is 6.76. The number of ether oxygens (including phenoxy) is 5. The molecular formula is C22H31N3O7Si. The van der Waals surface area contributed by atoms with Gasteiger partial charge in [-0.2, -0.15) is 0 Å². The summed E-state index contributed by atoms with van der Waals surface area (Å²) >= 11 is 0. The van der Waals surface area contributed by atoms with Crippen LogP contribution >= 0.6 is 0 Å². The fraction of sp³-hybridized carbons (Fsp3) is 0.636. The molecule has 2 fully saturated rings. The van der Waals surface area contributed by atoms with Crippen LogP contribution in [-0.4, -0.2) is 65.2 Å². The number of fused-ring (bicyclic) bond motifs is 1. The predicted octanol–water partition coefficient (Wildman–Crippen LogP) is 3.47. The highest BCUT2D eigenvalue weighted by Gasteiger charge is 2.74. The Bertz CT molecular complexity index is 914. The van der Waals surface area contributed by atoms with Gasteiger partial charge in [0.25, 0.3) is 0 Å². The summed E-state index contributed by atoms with van der Waals surface area (Å²) in [5, 5.41) is 3.80. The van der Waals surface area contributed by atoms with Crippen molar-refractivity contribution in [1.82, 2.24) is 0 Å². The molecule has 180 valence electrons. The summed E-state index contributed by atoms with van der Waals surface area (Å²) in [5.74, 6) is -0.796. The van der Waals surface area contributed by atoms with Crippen LogP contribution in [0.25, 0.3) is 10.4 Å². The molecule has 1 aliphatic heterocycles. The normalized spacial score (nSPS) is 28.2. The van der Waals surface area contributed by atoms with Crippen molar-refractivity contribution in [3.05, 3.63) is 40.3 Å². The van der Waals surface area contributed by atoms with Crippen LogP contribution < -0.4 is 4.74 Å². The second-order valence-corrected chi connectivity index (χ2v) is 15.1. The van der Waals surface area contributed by atoms with Crippen molar-refractivity contribution in [2.45, 2.75) is 63.1 Å². The molecule has 0 amide bonds. The van der Waals surface area contributed by atoms with Gasteiger partial charge in [0, 0.05) is 13.0 Å². The molecule has 1 saturated carbocycles. The van der Waals surface area contributed by atoms with Gasteiger partial charge in [0.1, 0.15) is 11.9 Å². The predicted molar refractivity (Wildman–Crippen MR) is 121 cm³/mol. The maximum atomic E-state index is 13.4. The highest BCUT2D eigenvalue weighted by Crippen LogP contribution is 2.53. The molecule has 2 aliphatic rings. The zero-order chi connectivity index (χ0) is 24.2. The number of methoxy groups -OCH3 is 2. The van der Waals surface area contributed by atoms with Gasteiger partial charge in [-0.05, 0) is 35.7 Å². The lowest BCUT2D eigenvalue weighted by atomic mass is 9.70. The fourth-order valence-corrected chi connectivity index (χ4v) is 4.83. The largest absolute Gasteiger partial charge is 0.497 e. The monoisotopic (exact) mass is 477 g/mol. The maximum absolute atomic E-state index is 13.4. The number of carbonyl (C=O) groups excluding carboxylic acids is 2. The van der Waals surface area contributed by atoms with Crippen LogP contribution in [0.5, 0.6) is 5.75 Å². The maximum Gasteiger partial charge on any atom is 0.329 e. The molecule has 33 heavy (non-hydrogen) atoms. The Labute approximate surface area is 194 Å². The molecule has 1 saturated heterocycles. The lowest BCUT2D eigenvalue weighted by Gasteiger charge is -2.38. The number of rotatable bonds is 10. The molecule has 5 atom stereocenters. The summed E-state index contributed by atoms with van der Waals surface area (Å²) < 4.78 is 27.7. The van der Waals surface area contributed by atoms with Crippen molar-refractivity contribution < 1.29 is 33.3 Å². The van der Waals surface area contributed by atoms with Gasteiger partial charge < -0.3 is 23.7 Å². The first-order valence-electron chi connectivity index (χ1n) is 10.9. The van der Waals surface area contributed by atoms with E-state index in [2.05, 4.69) is 29.7 Å². The molecule has 1 aromatic carbocycles. The van der Waals surface area contributed by atoms with E-state index in [9.17, 15) is 9.59 Å². The van der Waals surface area contributed by atoms with E-state index in [0.29, 0.717) is 5.75 Å². The third-order valence-electron chi connectivity index (χ3n) is 6.07. The second-order valence-electron chi connectivity index (χ2n) is 9.48. The third kappa shape index (κ3) is 5.32. The van der Waals surface area contributed by atoms with E-state index in [1.807, 2.05) is 12.1 Å². The second kappa shape index (κ2) is 10.1. The topological polar surface area (TPSA) is 132 Å². The number of hydrogen-bond acceptors (Lipinski definition) is 8. The van der Waals surface area contributed by atoms with Crippen molar-refractivity contribution in [3.63, 3.8) is 0 Å². The molecule has 1 unspecified atom stereocenters. The van der Waals surface area contributed by atoms with Gasteiger partial charge in [-0.15, -0.1) is 0 Å². The summed E-state index contributed by atoms with van der Waals surface area (Å²) in [6.07, 6.45) is -2.23. The van der Waals surface area contributed by atoms with Crippen molar-refractivity contribution in [2.75, 3.05) is 20.8 Å². The number of benzene rings is 1. The highest BCUT2D eigenvalue weighted by atomic mass is 28.3. The average Bonchev–Trinajstić information content (AvgIpc) is 3.58. The summed E-state index contributed by atoms with van der Waals surface area (Å²) in [6, 6.07) is 7.43. The molecule has 0 spiro atoms.